The Labute approximate surface area is 157 Å². The molecule has 0 radical (unpaired) electrons. The van der Waals surface area contributed by atoms with Gasteiger partial charge in [-0.25, -0.2) is 9.78 Å². The van der Waals surface area contributed by atoms with Gasteiger partial charge in [-0.1, -0.05) is 28.9 Å². The molecule has 2 heterocycles. The van der Waals surface area contributed by atoms with E-state index in [4.69, 9.17) is 16.1 Å². The van der Waals surface area contributed by atoms with E-state index in [-0.39, 0.29) is 29.5 Å². The first-order valence-electron chi connectivity index (χ1n) is 7.53. The maximum atomic E-state index is 11.5. The first-order valence-corrected chi connectivity index (χ1v) is 7.91. The van der Waals surface area contributed by atoms with Gasteiger partial charge in [-0.05, 0) is 12.1 Å². The highest BCUT2D eigenvalue weighted by molar-refractivity contribution is 6.30. The molecule has 27 heavy (non-hydrogen) atoms. The van der Waals surface area contributed by atoms with Crippen molar-refractivity contribution in [3.8, 4) is 11.4 Å². The molecule has 0 amide bonds. The largest absolute Gasteiger partial charge is 0.465 e. The van der Waals surface area contributed by atoms with Gasteiger partial charge in [0.1, 0.15) is 0 Å². The Morgan fingerprint density at radius 3 is 2.93 bits per heavy atom. The van der Waals surface area contributed by atoms with Crippen molar-refractivity contribution in [3.63, 3.8) is 0 Å². The maximum absolute atomic E-state index is 11.5. The van der Waals surface area contributed by atoms with E-state index in [0.717, 1.165) is 6.07 Å². The van der Waals surface area contributed by atoms with Gasteiger partial charge in [0.15, 0.2) is 0 Å². The van der Waals surface area contributed by atoms with Crippen LogP contribution in [-0.4, -0.2) is 33.1 Å². The summed E-state index contributed by atoms with van der Waals surface area (Å²) < 4.78 is 9.65. The van der Waals surface area contributed by atoms with Gasteiger partial charge in [0.25, 0.3) is 0 Å². The molecule has 0 saturated heterocycles. The van der Waals surface area contributed by atoms with Crippen molar-refractivity contribution in [2.24, 2.45) is 0 Å². The number of ether oxygens (including phenoxy) is 1. The van der Waals surface area contributed by atoms with Crippen LogP contribution >= 0.6 is 11.6 Å². The molecule has 0 unspecified atom stereocenters. The van der Waals surface area contributed by atoms with Gasteiger partial charge >= 0.3 is 11.7 Å². The Morgan fingerprint density at radius 1 is 1.41 bits per heavy atom. The van der Waals surface area contributed by atoms with E-state index in [1.807, 2.05) is 0 Å². The van der Waals surface area contributed by atoms with Crippen LogP contribution in [0.3, 0.4) is 0 Å². The van der Waals surface area contributed by atoms with Gasteiger partial charge in [-0.2, -0.15) is 4.98 Å². The highest BCUT2D eigenvalue weighted by atomic mass is 35.5. The molecule has 0 fully saturated rings. The molecule has 2 aromatic heterocycles. The average Bonchev–Trinajstić information content (AvgIpc) is 3.14. The Morgan fingerprint density at radius 2 is 2.22 bits per heavy atom. The smallest absolute Gasteiger partial charge is 0.339 e. The van der Waals surface area contributed by atoms with E-state index in [0.29, 0.717) is 16.4 Å². The Balaban J connectivity index is 1.77. The van der Waals surface area contributed by atoms with E-state index in [1.165, 1.54) is 13.3 Å². The van der Waals surface area contributed by atoms with Crippen molar-refractivity contribution in [3.05, 3.63) is 63.1 Å². The van der Waals surface area contributed by atoms with Gasteiger partial charge in [0.2, 0.25) is 17.5 Å². The summed E-state index contributed by atoms with van der Waals surface area (Å²) >= 11 is 5.93. The SMILES string of the molecule is COC(=O)c1cnc(NCc2nc(-c3cccc(Cl)c3)no2)c([N+](=O)[O-])c1. The number of anilines is 1. The highest BCUT2D eigenvalue weighted by Crippen LogP contribution is 2.24. The quantitative estimate of drug-likeness (QED) is 0.383. The topological polar surface area (TPSA) is 133 Å². The summed E-state index contributed by atoms with van der Waals surface area (Å²) in [7, 11) is 1.17. The summed E-state index contributed by atoms with van der Waals surface area (Å²) in [6.07, 6.45) is 1.17. The number of carbonyl (C=O) groups excluding carboxylic acids is 1. The Hall–Kier alpha value is -3.53. The molecule has 1 aromatic carbocycles. The van der Waals surface area contributed by atoms with Crippen LogP contribution in [0.4, 0.5) is 11.5 Å². The zero-order chi connectivity index (χ0) is 19.4. The van der Waals surface area contributed by atoms with Crippen molar-refractivity contribution < 1.29 is 19.0 Å². The van der Waals surface area contributed by atoms with Gasteiger partial charge in [0, 0.05) is 22.8 Å². The number of esters is 1. The molecule has 0 aliphatic heterocycles. The minimum Gasteiger partial charge on any atom is -0.465 e. The van der Waals surface area contributed by atoms with Crippen LogP contribution in [0.25, 0.3) is 11.4 Å². The molecule has 138 valence electrons. The molecule has 0 saturated carbocycles. The third-order valence-electron chi connectivity index (χ3n) is 3.44. The second kappa shape index (κ2) is 7.79. The first kappa shape index (κ1) is 18.3. The Bertz CT molecular complexity index is 1010. The number of hydrogen-bond acceptors (Lipinski definition) is 9. The predicted molar refractivity (Wildman–Crippen MR) is 94.3 cm³/mol. The summed E-state index contributed by atoms with van der Waals surface area (Å²) in [6, 6.07) is 8.00. The highest BCUT2D eigenvalue weighted by Gasteiger charge is 2.20. The molecule has 0 aliphatic rings. The first-order chi connectivity index (χ1) is 13.0. The van der Waals surface area contributed by atoms with Crippen molar-refractivity contribution >= 4 is 29.1 Å². The lowest BCUT2D eigenvalue weighted by molar-refractivity contribution is -0.384. The van der Waals surface area contributed by atoms with Crippen molar-refractivity contribution in [1.29, 1.82) is 0 Å². The number of rotatable bonds is 6. The molecule has 3 rings (SSSR count). The minimum atomic E-state index is -0.722. The molecule has 11 heteroatoms. The molecule has 0 aliphatic carbocycles. The second-order valence-electron chi connectivity index (χ2n) is 5.22. The number of nitrogens with one attached hydrogen (secondary N) is 1. The lowest BCUT2D eigenvalue weighted by Crippen LogP contribution is -2.08. The lowest BCUT2D eigenvalue weighted by atomic mass is 10.2. The van der Waals surface area contributed by atoms with E-state index in [9.17, 15) is 14.9 Å². The van der Waals surface area contributed by atoms with Crippen LogP contribution in [0.15, 0.2) is 41.1 Å². The fourth-order valence-corrected chi connectivity index (χ4v) is 2.38. The summed E-state index contributed by atoms with van der Waals surface area (Å²) in [5.41, 5.74) is 0.257. The van der Waals surface area contributed by atoms with Crippen molar-refractivity contribution in [1.82, 2.24) is 15.1 Å². The van der Waals surface area contributed by atoms with E-state index < -0.39 is 10.9 Å². The number of halogens is 1. The molecule has 0 spiro atoms. The van der Waals surface area contributed by atoms with Gasteiger partial charge < -0.3 is 14.6 Å². The number of nitro groups is 1. The van der Waals surface area contributed by atoms with Gasteiger partial charge in [0.05, 0.1) is 24.1 Å². The summed E-state index contributed by atoms with van der Waals surface area (Å²) in [5, 5.41) is 18.3. The van der Waals surface area contributed by atoms with Gasteiger partial charge in [-0.3, -0.25) is 10.1 Å². The predicted octanol–water partition coefficient (Wildman–Crippen LogP) is 3.09. The fraction of sp³-hybridized carbons (Fsp3) is 0.125. The Kier molecular flexibility index (Phi) is 5.27. The lowest BCUT2D eigenvalue weighted by Gasteiger charge is -2.05. The van der Waals surface area contributed by atoms with Crippen LogP contribution in [0.1, 0.15) is 16.2 Å². The monoisotopic (exact) mass is 389 g/mol. The summed E-state index contributed by atoms with van der Waals surface area (Å²) in [6.45, 7) is -0.00102. The van der Waals surface area contributed by atoms with Crippen LogP contribution in [-0.2, 0) is 11.3 Å². The maximum Gasteiger partial charge on any atom is 0.339 e. The molecular weight excluding hydrogens is 378 g/mol. The van der Waals surface area contributed by atoms with Crippen LogP contribution in [0, 0.1) is 10.1 Å². The van der Waals surface area contributed by atoms with Gasteiger partial charge in [-0.15, -0.1) is 0 Å². The molecule has 0 bridgehead atoms. The number of nitrogens with zero attached hydrogens (tertiary/aromatic N) is 4. The van der Waals surface area contributed by atoms with E-state index in [2.05, 4.69) is 25.2 Å². The minimum absolute atomic E-state index is 0.00102. The van der Waals surface area contributed by atoms with E-state index >= 15 is 0 Å². The molecule has 1 N–H and O–H groups in total. The normalized spacial score (nSPS) is 10.4. The van der Waals surface area contributed by atoms with Crippen molar-refractivity contribution in [2.45, 2.75) is 6.54 Å². The average molecular weight is 390 g/mol. The molecule has 0 atom stereocenters. The fourth-order valence-electron chi connectivity index (χ4n) is 2.19. The summed E-state index contributed by atoms with van der Waals surface area (Å²) in [5.74, 6) is -0.244. The zero-order valence-electron chi connectivity index (χ0n) is 13.9. The third-order valence-corrected chi connectivity index (χ3v) is 3.68. The zero-order valence-corrected chi connectivity index (χ0v) is 14.6. The van der Waals surface area contributed by atoms with Crippen LogP contribution < -0.4 is 5.32 Å². The number of hydrogen-bond donors (Lipinski definition) is 1. The number of aromatic nitrogens is 3. The molecule has 3 aromatic rings. The third kappa shape index (κ3) is 4.18. The van der Waals surface area contributed by atoms with E-state index in [1.54, 1.807) is 24.3 Å². The second-order valence-corrected chi connectivity index (χ2v) is 5.65. The number of methoxy groups -OCH3 is 1. The van der Waals surface area contributed by atoms with Crippen LogP contribution in [0.2, 0.25) is 5.02 Å². The van der Waals surface area contributed by atoms with Crippen molar-refractivity contribution in [2.75, 3.05) is 12.4 Å². The molecule has 10 nitrogen and oxygen atoms in total. The van der Waals surface area contributed by atoms with Crippen LogP contribution in [0.5, 0.6) is 0 Å². The number of benzene rings is 1. The standard InChI is InChI=1S/C16H12ClN5O5/c1-26-16(23)10-6-12(22(24)25)15(18-7-10)19-8-13-20-14(21-27-13)9-3-2-4-11(17)5-9/h2-7H,8H2,1H3,(H,18,19). The molecular formula is C16H12ClN5O5. The number of carbonyl (C=O) groups is 1. The number of pyridine rings is 1. The summed E-state index contributed by atoms with van der Waals surface area (Å²) in [4.78, 5) is 30.2.